The molecule has 1 aliphatic carbocycles. The molecule has 0 spiro atoms. The van der Waals surface area contributed by atoms with Crippen molar-refractivity contribution in [3.63, 3.8) is 0 Å². The van der Waals surface area contributed by atoms with Crippen LogP contribution in [0.15, 0.2) is 6.33 Å². The number of aromatic nitrogens is 3. The van der Waals surface area contributed by atoms with E-state index in [2.05, 4.69) is 37.8 Å². The van der Waals surface area contributed by atoms with Crippen molar-refractivity contribution in [1.29, 1.82) is 0 Å². The molecule has 1 heterocycles. The quantitative estimate of drug-likeness (QED) is 0.897. The first-order chi connectivity index (χ1) is 8.44. The van der Waals surface area contributed by atoms with E-state index in [-0.39, 0.29) is 5.54 Å². The van der Waals surface area contributed by atoms with Crippen LogP contribution in [-0.4, -0.2) is 20.3 Å². The second-order valence-electron chi connectivity index (χ2n) is 6.28. The van der Waals surface area contributed by atoms with Crippen molar-refractivity contribution < 1.29 is 0 Å². The summed E-state index contributed by atoms with van der Waals surface area (Å²) < 4.78 is 2.00. The Hall–Kier alpha value is -0.900. The number of nitrogens with two attached hydrogens (primary N) is 1. The number of nitrogens with zero attached hydrogens (tertiary/aromatic N) is 3. The zero-order chi connectivity index (χ0) is 13.3. The summed E-state index contributed by atoms with van der Waals surface area (Å²) in [5.41, 5.74) is 6.56. The maximum Gasteiger partial charge on any atom is 0.138 e. The van der Waals surface area contributed by atoms with Crippen molar-refractivity contribution >= 4 is 0 Å². The predicted molar refractivity (Wildman–Crippen MR) is 73.2 cm³/mol. The van der Waals surface area contributed by atoms with Gasteiger partial charge in [-0.05, 0) is 32.1 Å². The number of hydrogen-bond donors (Lipinski definition) is 1. The summed E-state index contributed by atoms with van der Waals surface area (Å²) in [6.45, 7) is 8.88. The Kier molecular flexibility index (Phi) is 3.76. The third-order valence-electron chi connectivity index (χ3n) is 4.69. The molecule has 0 aliphatic heterocycles. The largest absolute Gasteiger partial charge is 0.324 e. The maximum atomic E-state index is 6.67. The molecular formula is C14H26N4. The molecule has 3 unspecified atom stereocenters. The lowest BCUT2D eigenvalue weighted by atomic mass is 9.67. The van der Waals surface area contributed by atoms with Crippen LogP contribution in [0.1, 0.15) is 58.8 Å². The summed E-state index contributed by atoms with van der Waals surface area (Å²) >= 11 is 0. The van der Waals surface area contributed by atoms with Crippen molar-refractivity contribution in [2.24, 2.45) is 17.6 Å². The summed E-state index contributed by atoms with van der Waals surface area (Å²) in [6.07, 6.45) is 6.13. The molecule has 18 heavy (non-hydrogen) atoms. The van der Waals surface area contributed by atoms with E-state index in [0.717, 1.165) is 18.7 Å². The van der Waals surface area contributed by atoms with Gasteiger partial charge in [0.1, 0.15) is 12.2 Å². The summed E-state index contributed by atoms with van der Waals surface area (Å²) in [7, 11) is 0. The van der Waals surface area contributed by atoms with Gasteiger partial charge in [-0.3, -0.25) is 0 Å². The van der Waals surface area contributed by atoms with Gasteiger partial charge in [0.2, 0.25) is 0 Å². The number of rotatable bonds is 3. The third-order valence-corrected chi connectivity index (χ3v) is 4.69. The highest BCUT2D eigenvalue weighted by Gasteiger charge is 2.39. The predicted octanol–water partition coefficient (Wildman–Crippen LogP) is 2.56. The van der Waals surface area contributed by atoms with Gasteiger partial charge in [0, 0.05) is 18.0 Å². The molecule has 0 aromatic carbocycles. The number of hydrogen-bond acceptors (Lipinski definition) is 3. The van der Waals surface area contributed by atoms with E-state index in [9.17, 15) is 0 Å². The first kappa shape index (κ1) is 13.5. The highest BCUT2D eigenvalue weighted by Crippen LogP contribution is 2.37. The van der Waals surface area contributed by atoms with E-state index in [1.165, 1.54) is 12.8 Å². The second kappa shape index (κ2) is 5.00. The van der Waals surface area contributed by atoms with Gasteiger partial charge in [-0.1, -0.05) is 26.7 Å². The topological polar surface area (TPSA) is 56.7 Å². The summed E-state index contributed by atoms with van der Waals surface area (Å²) in [6, 6.07) is 0.349. The van der Waals surface area contributed by atoms with Gasteiger partial charge < -0.3 is 5.73 Å². The van der Waals surface area contributed by atoms with Gasteiger partial charge in [0.25, 0.3) is 0 Å². The van der Waals surface area contributed by atoms with Crippen LogP contribution in [0.25, 0.3) is 0 Å². The Morgan fingerprint density at radius 2 is 2.22 bits per heavy atom. The van der Waals surface area contributed by atoms with Crippen LogP contribution in [0.4, 0.5) is 0 Å². The highest BCUT2D eigenvalue weighted by atomic mass is 15.3. The molecule has 0 bridgehead atoms. The van der Waals surface area contributed by atoms with E-state index in [1.807, 2.05) is 4.68 Å². The molecule has 2 rings (SSSR count). The third kappa shape index (κ3) is 2.44. The Bertz CT molecular complexity index is 398. The van der Waals surface area contributed by atoms with E-state index in [0.29, 0.717) is 17.9 Å². The second-order valence-corrected chi connectivity index (χ2v) is 6.28. The van der Waals surface area contributed by atoms with Crippen molar-refractivity contribution in [2.75, 3.05) is 0 Å². The van der Waals surface area contributed by atoms with Gasteiger partial charge in [0.15, 0.2) is 0 Å². The molecular weight excluding hydrogens is 224 g/mol. The van der Waals surface area contributed by atoms with Crippen molar-refractivity contribution in [3.05, 3.63) is 12.2 Å². The van der Waals surface area contributed by atoms with E-state index < -0.39 is 0 Å². The zero-order valence-corrected chi connectivity index (χ0v) is 12.1. The summed E-state index contributed by atoms with van der Waals surface area (Å²) in [4.78, 5) is 4.41. The van der Waals surface area contributed by atoms with Crippen LogP contribution in [0.2, 0.25) is 0 Å². The average molecular weight is 250 g/mol. The van der Waals surface area contributed by atoms with Gasteiger partial charge in [-0.15, -0.1) is 0 Å². The molecule has 1 aliphatic rings. The van der Waals surface area contributed by atoms with Gasteiger partial charge in [-0.25, -0.2) is 9.67 Å². The Morgan fingerprint density at radius 3 is 2.89 bits per heavy atom. The van der Waals surface area contributed by atoms with Crippen molar-refractivity contribution in [3.8, 4) is 0 Å². The summed E-state index contributed by atoms with van der Waals surface area (Å²) in [5.74, 6) is 2.29. The van der Waals surface area contributed by atoms with Crippen molar-refractivity contribution in [2.45, 2.75) is 65.0 Å². The standard InChI is InChI=1S/C14H26N4/c1-10(2)18-13(16-9-17-18)8-14(15)7-5-6-11(3)12(14)4/h9-12H,5-8,15H2,1-4H3. The van der Waals surface area contributed by atoms with Crippen LogP contribution in [-0.2, 0) is 6.42 Å². The fourth-order valence-corrected chi connectivity index (χ4v) is 3.17. The first-order valence-electron chi connectivity index (χ1n) is 7.11. The van der Waals surface area contributed by atoms with E-state index in [4.69, 9.17) is 5.73 Å². The van der Waals surface area contributed by atoms with Gasteiger partial charge in [-0.2, -0.15) is 5.10 Å². The summed E-state index contributed by atoms with van der Waals surface area (Å²) in [5, 5.41) is 4.31. The monoisotopic (exact) mass is 250 g/mol. The SMILES string of the molecule is CC1CCCC(N)(Cc2ncnn2C(C)C)C1C. The highest BCUT2D eigenvalue weighted by molar-refractivity contribution is 5.03. The molecule has 102 valence electrons. The molecule has 0 radical (unpaired) electrons. The fourth-order valence-electron chi connectivity index (χ4n) is 3.17. The molecule has 1 fully saturated rings. The Balaban J connectivity index is 2.19. The normalized spacial score (nSPS) is 33.0. The maximum absolute atomic E-state index is 6.67. The van der Waals surface area contributed by atoms with Gasteiger partial charge >= 0.3 is 0 Å². The van der Waals surface area contributed by atoms with Gasteiger partial charge in [0.05, 0.1) is 0 Å². The van der Waals surface area contributed by atoms with Crippen LogP contribution in [0.5, 0.6) is 0 Å². The minimum atomic E-state index is -0.114. The molecule has 2 N–H and O–H groups in total. The van der Waals surface area contributed by atoms with Crippen LogP contribution >= 0.6 is 0 Å². The minimum absolute atomic E-state index is 0.114. The van der Waals surface area contributed by atoms with Crippen LogP contribution < -0.4 is 5.73 Å². The molecule has 0 saturated heterocycles. The lowest BCUT2D eigenvalue weighted by Gasteiger charge is -2.43. The Morgan fingerprint density at radius 1 is 1.50 bits per heavy atom. The smallest absolute Gasteiger partial charge is 0.138 e. The zero-order valence-electron chi connectivity index (χ0n) is 12.1. The molecule has 1 aromatic heterocycles. The van der Waals surface area contributed by atoms with E-state index >= 15 is 0 Å². The fraction of sp³-hybridized carbons (Fsp3) is 0.857. The average Bonchev–Trinajstić information content (AvgIpc) is 2.74. The molecule has 4 nitrogen and oxygen atoms in total. The lowest BCUT2D eigenvalue weighted by molar-refractivity contribution is 0.139. The van der Waals surface area contributed by atoms with E-state index in [1.54, 1.807) is 6.33 Å². The molecule has 1 aromatic rings. The van der Waals surface area contributed by atoms with Crippen LogP contribution in [0.3, 0.4) is 0 Å². The first-order valence-corrected chi connectivity index (χ1v) is 7.11. The lowest BCUT2D eigenvalue weighted by Crippen LogP contribution is -2.53. The molecule has 0 amide bonds. The Labute approximate surface area is 110 Å². The molecule has 1 saturated carbocycles. The molecule has 3 atom stereocenters. The van der Waals surface area contributed by atoms with Crippen LogP contribution in [0, 0.1) is 11.8 Å². The van der Waals surface area contributed by atoms with Crippen molar-refractivity contribution in [1.82, 2.24) is 14.8 Å². The minimum Gasteiger partial charge on any atom is -0.324 e. The molecule has 4 heteroatoms.